The maximum Gasteiger partial charge on any atom is 0.207 e. The maximum atomic E-state index is 11.0. The molecule has 0 saturated carbocycles. The Morgan fingerprint density at radius 1 is 0.441 bits per heavy atom. The molecule has 0 spiro atoms. The third kappa shape index (κ3) is 11.2. The Balaban J connectivity index is 3.01. The molecule has 0 aromatic heterocycles. The van der Waals surface area contributed by atoms with Gasteiger partial charge in [0.1, 0.15) is 0 Å². The molecule has 198 valence electrons. The zero-order chi connectivity index (χ0) is 25.0. The van der Waals surface area contributed by atoms with Gasteiger partial charge in [-0.3, -0.25) is 0 Å². The smallest absolute Gasteiger partial charge is 0.207 e. The highest BCUT2D eigenvalue weighted by molar-refractivity contribution is 5.66. The van der Waals surface area contributed by atoms with E-state index < -0.39 is 0 Å². The molecular weight excluding hydrogens is 424 g/mol. The van der Waals surface area contributed by atoms with Crippen LogP contribution in [-0.4, -0.2) is 23.4 Å². The van der Waals surface area contributed by atoms with Crippen LogP contribution in [0.1, 0.15) is 142 Å². The van der Waals surface area contributed by atoms with Crippen molar-refractivity contribution in [1.82, 2.24) is 0 Å². The maximum absolute atomic E-state index is 11.0. The van der Waals surface area contributed by atoms with Crippen LogP contribution in [0.3, 0.4) is 0 Å². The van der Waals surface area contributed by atoms with Crippen molar-refractivity contribution in [2.75, 3.05) is 13.2 Å². The molecule has 1 aromatic carbocycles. The summed E-state index contributed by atoms with van der Waals surface area (Å²) in [4.78, 5) is 0. The minimum atomic E-state index is -0.152. The van der Waals surface area contributed by atoms with Gasteiger partial charge >= 0.3 is 0 Å². The average molecular weight is 479 g/mol. The van der Waals surface area contributed by atoms with E-state index in [-0.39, 0.29) is 11.5 Å². The van der Waals surface area contributed by atoms with Gasteiger partial charge < -0.3 is 19.7 Å². The minimum Gasteiger partial charge on any atom is -0.504 e. The second-order valence-corrected chi connectivity index (χ2v) is 9.75. The van der Waals surface area contributed by atoms with Crippen LogP contribution in [0.25, 0.3) is 0 Å². The van der Waals surface area contributed by atoms with E-state index in [0.29, 0.717) is 24.7 Å². The zero-order valence-electron chi connectivity index (χ0n) is 22.9. The molecule has 4 heteroatoms. The predicted molar refractivity (Wildman–Crippen MR) is 145 cm³/mol. The van der Waals surface area contributed by atoms with Crippen molar-refractivity contribution in [2.24, 2.45) is 0 Å². The molecule has 34 heavy (non-hydrogen) atoms. The number of benzene rings is 1. The van der Waals surface area contributed by atoms with Crippen LogP contribution in [0.5, 0.6) is 23.0 Å². The molecule has 0 bridgehead atoms. The molecule has 0 aliphatic rings. The van der Waals surface area contributed by atoms with Crippen molar-refractivity contribution in [3.05, 3.63) is 11.1 Å². The van der Waals surface area contributed by atoms with Crippen molar-refractivity contribution >= 4 is 0 Å². The number of phenolic OH excluding ortho intramolecular Hbond substituents is 2. The van der Waals surface area contributed by atoms with E-state index in [0.717, 1.165) is 56.1 Å². The standard InChI is InChI=1S/C30H54O4/c1-5-9-11-13-15-17-19-21-25-26(22-20-18-16-14-12-10-6-2)29(33-23-7-3)30(34-24-8-4)28(32)27(25)31/h31-32H,5-24H2,1-4H3. The quantitative estimate of drug-likeness (QED) is 0.129. The number of rotatable bonds is 22. The number of unbranched alkanes of at least 4 members (excludes halogenated alkanes) is 12. The fourth-order valence-corrected chi connectivity index (χ4v) is 4.52. The van der Waals surface area contributed by atoms with Gasteiger partial charge in [-0.2, -0.15) is 0 Å². The van der Waals surface area contributed by atoms with Gasteiger partial charge in [0.25, 0.3) is 0 Å². The van der Waals surface area contributed by atoms with Crippen LogP contribution in [-0.2, 0) is 12.8 Å². The monoisotopic (exact) mass is 478 g/mol. The van der Waals surface area contributed by atoms with Gasteiger partial charge in [0.05, 0.1) is 13.2 Å². The molecule has 2 N–H and O–H groups in total. The summed E-state index contributed by atoms with van der Waals surface area (Å²) >= 11 is 0. The molecule has 0 fully saturated rings. The Labute approximate surface area is 210 Å². The van der Waals surface area contributed by atoms with Crippen LogP contribution in [0.15, 0.2) is 0 Å². The molecule has 0 unspecified atom stereocenters. The highest BCUT2D eigenvalue weighted by Gasteiger charge is 2.25. The SMILES string of the molecule is CCCCCCCCCc1c(O)c(O)c(OCCC)c(OCCC)c1CCCCCCCCC. The Morgan fingerprint density at radius 2 is 0.853 bits per heavy atom. The van der Waals surface area contributed by atoms with Gasteiger partial charge in [-0.05, 0) is 38.5 Å². The van der Waals surface area contributed by atoms with E-state index in [2.05, 4.69) is 20.8 Å². The Kier molecular flexibility index (Phi) is 17.6. The van der Waals surface area contributed by atoms with Gasteiger partial charge in [-0.15, -0.1) is 0 Å². The first-order chi connectivity index (χ1) is 16.6. The zero-order valence-corrected chi connectivity index (χ0v) is 22.9. The first-order valence-corrected chi connectivity index (χ1v) is 14.5. The molecule has 0 aliphatic carbocycles. The summed E-state index contributed by atoms with van der Waals surface area (Å²) in [5.74, 6) is 0.836. The highest BCUT2D eigenvalue weighted by Crippen LogP contribution is 2.50. The summed E-state index contributed by atoms with van der Waals surface area (Å²) in [7, 11) is 0. The Morgan fingerprint density at radius 3 is 1.32 bits per heavy atom. The van der Waals surface area contributed by atoms with Crippen LogP contribution in [0, 0.1) is 0 Å². The normalized spacial score (nSPS) is 11.2. The van der Waals surface area contributed by atoms with Crippen molar-refractivity contribution in [2.45, 2.75) is 143 Å². The molecule has 0 heterocycles. The average Bonchev–Trinajstić information content (AvgIpc) is 2.84. The van der Waals surface area contributed by atoms with E-state index in [9.17, 15) is 10.2 Å². The van der Waals surface area contributed by atoms with Crippen LogP contribution < -0.4 is 9.47 Å². The van der Waals surface area contributed by atoms with Gasteiger partial charge in [-0.25, -0.2) is 0 Å². The van der Waals surface area contributed by atoms with Crippen molar-refractivity contribution in [1.29, 1.82) is 0 Å². The predicted octanol–water partition coefficient (Wildman–Crippen LogP) is 9.26. The fraction of sp³-hybridized carbons (Fsp3) is 0.800. The number of hydrogen-bond donors (Lipinski definition) is 2. The second-order valence-electron chi connectivity index (χ2n) is 9.75. The summed E-state index contributed by atoms with van der Waals surface area (Å²) in [5, 5.41) is 21.8. The van der Waals surface area contributed by atoms with E-state index in [4.69, 9.17) is 9.47 Å². The lowest BCUT2D eigenvalue weighted by atomic mass is 9.93. The molecule has 0 saturated heterocycles. The van der Waals surface area contributed by atoms with Crippen LogP contribution in [0.4, 0.5) is 0 Å². The first-order valence-electron chi connectivity index (χ1n) is 14.5. The highest BCUT2D eigenvalue weighted by atomic mass is 16.5. The summed E-state index contributed by atoms with van der Waals surface area (Å²) in [6.07, 6.45) is 20.6. The van der Waals surface area contributed by atoms with Gasteiger partial charge in [-0.1, -0.05) is 105 Å². The third-order valence-corrected chi connectivity index (χ3v) is 6.53. The summed E-state index contributed by atoms with van der Waals surface area (Å²) < 4.78 is 12.1. The summed E-state index contributed by atoms with van der Waals surface area (Å²) in [6.45, 7) is 9.69. The van der Waals surface area contributed by atoms with Crippen molar-refractivity contribution in [3.8, 4) is 23.0 Å². The first kappa shape index (κ1) is 30.5. The van der Waals surface area contributed by atoms with Crippen molar-refractivity contribution in [3.63, 3.8) is 0 Å². The van der Waals surface area contributed by atoms with Gasteiger partial charge in [0, 0.05) is 11.1 Å². The van der Waals surface area contributed by atoms with E-state index in [1.165, 1.54) is 70.6 Å². The van der Waals surface area contributed by atoms with E-state index >= 15 is 0 Å². The molecule has 0 amide bonds. The number of phenols is 2. The van der Waals surface area contributed by atoms with Gasteiger partial charge in [0.2, 0.25) is 11.5 Å². The number of aromatic hydroxyl groups is 2. The second kappa shape index (κ2) is 19.7. The molecule has 4 nitrogen and oxygen atoms in total. The number of ether oxygens (including phenoxy) is 2. The van der Waals surface area contributed by atoms with Crippen LogP contribution >= 0.6 is 0 Å². The van der Waals surface area contributed by atoms with E-state index in [1.54, 1.807) is 0 Å². The fourth-order valence-electron chi connectivity index (χ4n) is 4.52. The molecule has 0 radical (unpaired) electrons. The molecule has 0 atom stereocenters. The molecule has 1 rings (SSSR count). The summed E-state index contributed by atoms with van der Waals surface area (Å²) in [6, 6.07) is 0. The minimum absolute atomic E-state index is 0.00104. The largest absolute Gasteiger partial charge is 0.504 e. The molecule has 0 aliphatic heterocycles. The third-order valence-electron chi connectivity index (χ3n) is 6.53. The summed E-state index contributed by atoms with van der Waals surface area (Å²) in [5.41, 5.74) is 1.92. The lowest BCUT2D eigenvalue weighted by Gasteiger charge is -2.22. The lowest BCUT2D eigenvalue weighted by Crippen LogP contribution is -2.08. The van der Waals surface area contributed by atoms with Crippen molar-refractivity contribution < 1.29 is 19.7 Å². The van der Waals surface area contributed by atoms with Crippen LogP contribution in [0.2, 0.25) is 0 Å². The molecular formula is C30H54O4. The Bertz CT molecular complexity index is 641. The Hall–Kier alpha value is -1.58. The molecule has 1 aromatic rings. The van der Waals surface area contributed by atoms with Gasteiger partial charge in [0.15, 0.2) is 11.5 Å². The van der Waals surface area contributed by atoms with E-state index in [1.807, 2.05) is 6.92 Å². The lowest BCUT2D eigenvalue weighted by molar-refractivity contribution is 0.250. The topological polar surface area (TPSA) is 58.9 Å². The number of hydrogen-bond acceptors (Lipinski definition) is 4.